The van der Waals surface area contributed by atoms with Crippen LogP contribution in [0.4, 0.5) is 0 Å². The second-order valence-corrected chi connectivity index (χ2v) is 0. The molecule has 0 aromatic carbocycles. The molecule has 0 rings (SSSR count). The molecule has 4 nitrogen and oxygen atoms in total. The van der Waals surface area contributed by atoms with E-state index in [-0.39, 0.29) is 87.7 Å². The molecular formula is Ag2O4W. The molecule has 0 bridgehead atoms. The summed E-state index contributed by atoms with van der Waals surface area (Å²) in [6.45, 7) is 0. The molecule has 0 aliphatic rings. The maximum absolute atomic E-state index is 0. The molecule has 0 unspecified atom stereocenters. The van der Waals surface area contributed by atoms with Crippen LogP contribution in [0.2, 0.25) is 0 Å². The first-order valence-corrected chi connectivity index (χ1v) is 0. The normalized spacial score (nSPS) is 0. The van der Waals surface area contributed by atoms with Crippen LogP contribution in [0.3, 0.4) is 0 Å². The predicted octanol–water partition coefficient (Wildman–Crippen LogP) is -0.483. The van der Waals surface area contributed by atoms with E-state index in [1.807, 2.05) is 0 Å². The van der Waals surface area contributed by atoms with Crippen LogP contribution in [0, 0.1) is 0 Å². The van der Waals surface area contributed by atoms with E-state index in [1.54, 1.807) is 0 Å². The van der Waals surface area contributed by atoms with Crippen molar-refractivity contribution in [3.8, 4) is 0 Å². The van der Waals surface area contributed by atoms with Crippen molar-refractivity contribution in [3.63, 3.8) is 0 Å². The van der Waals surface area contributed by atoms with Gasteiger partial charge in [-0.2, -0.15) is 0 Å². The molecule has 0 aromatic heterocycles. The molecule has 0 aliphatic carbocycles. The average Bonchev–Trinajstić information content (AvgIpc) is 0. The second-order valence-electron chi connectivity index (χ2n) is 0. The Morgan fingerprint density at radius 1 is 0.429 bits per heavy atom. The topological polar surface area (TPSA) is 114 Å². The molecule has 0 aliphatic heterocycles. The first kappa shape index (κ1) is 143. The molecule has 0 atom stereocenters. The van der Waals surface area contributed by atoms with E-state index in [9.17, 15) is 0 Å². The van der Waals surface area contributed by atoms with Crippen LogP contribution < -0.4 is 0 Å². The maximum Gasteiger partial charge on any atom is 6.00 e. The van der Waals surface area contributed by atoms with E-state index < -0.39 is 0 Å². The van der Waals surface area contributed by atoms with Gasteiger partial charge in [0.05, 0.1) is 0 Å². The van der Waals surface area contributed by atoms with Gasteiger partial charge in [0.1, 0.15) is 0 Å². The van der Waals surface area contributed by atoms with Gasteiger partial charge in [0.25, 0.3) is 0 Å². The summed E-state index contributed by atoms with van der Waals surface area (Å²) in [6, 6.07) is 0. The summed E-state index contributed by atoms with van der Waals surface area (Å²) in [5, 5.41) is 0. The molecule has 0 amide bonds. The predicted molar refractivity (Wildman–Crippen MR) is 2.75 cm³/mol. The Hall–Kier alpha value is 2.01. The van der Waals surface area contributed by atoms with Crippen molar-refractivity contribution in [2.75, 3.05) is 0 Å². The van der Waals surface area contributed by atoms with Gasteiger partial charge in [0.2, 0.25) is 0 Å². The molecule has 7 heavy (non-hydrogen) atoms. The summed E-state index contributed by atoms with van der Waals surface area (Å²) in [5.74, 6) is 0. The van der Waals surface area contributed by atoms with Crippen LogP contribution in [-0.4, -0.2) is 0 Å². The summed E-state index contributed by atoms with van der Waals surface area (Å²) in [4.78, 5) is 0. The number of hydrogen-bond acceptors (Lipinski definition) is 0. The van der Waals surface area contributed by atoms with Gasteiger partial charge in [-0.15, -0.1) is 0 Å². The summed E-state index contributed by atoms with van der Waals surface area (Å²) >= 11 is 0. The van der Waals surface area contributed by atoms with Gasteiger partial charge < -0.3 is 21.9 Å². The fourth-order valence-electron chi connectivity index (χ4n) is 0. The quantitative estimate of drug-likeness (QED) is 0.432. The third kappa shape index (κ3) is 71.7. The fraction of sp³-hybridized carbons (Fsp3) is 0. The minimum Gasteiger partial charge on any atom is -2.00 e. The van der Waals surface area contributed by atoms with Gasteiger partial charge in [0.15, 0.2) is 0 Å². The monoisotopic (exact) mass is 462 g/mol. The minimum atomic E-state index is 0. The summed E-state index contributed by atoms with van der Waals surface area (Å²) < 4.78 is 0. The van der Waals surface area contributed by atoms with E-state index >= 15 is 0 Å². The van der Waals surface area contributed by atoms with Crippen molar-refractivity contribution < 1.29 is 87.7 Å². The SMILES string of the molecule is [Ag+].[Ag+].[O-2].[O-2].[O-2].[O-2].[W+6]. The van der Waals surface area contributed by atoms with Crippen molar-refractivity contribution in [1.29, 1.82) is 0 Å². The van der Waals surface area contributed by atoms with Gasteiger partial charge in [0, 0.05) is 0 Å². The van der Waals surface area contributed by atoms with Crippen LogP contribution >= 0.6 is 0 Å². The summed E-state index contributed by atoms with van der Waals surface area (Å²) in [6.07, 6.45) is 0. The first-order valence-electron chi connectivity index (χ1n) is 0. The summed E-state index contributed by atoms with van der Waals surface area (Å²) in [5.41, 5.74) is 0. The van der Waals surface area contributed by atoms with Gasteiger partial charge in [-0.05, 0) is 0 Å². The van der Waals surface area contributed by atoms with Crippen molar-refractivity contribution in [2.24, 2.45) is 0 Å². The maximum atomic E-state index is 0. The Morgan fingerprint density at radius 2 is 0.429 bits per heavy atom. The van der Waals surface area contributed by atoms with E-state index in [1.165, 1.54) is 0 Å². The Labute approximate surface area is 86.9 Å². The van der Waals surface area contributed by atoms with Crippen LogP contribution in [0.15, 0.2) is 0 Å². The average molecular weight is 464 g/mol. The molecule has 0 N–H and O–H groups in total. The fourth-order valence-corrected chi connectivity index (χ4v) is 0. The van der Waals surface area contributed by atoms with E-state index in [0.29, 0.717) is 0 Å². The van der Waals surface area contributed by atoms with Gasteiger partial charge in [-0.3, -0.25) is 0 Å². The zero-order valence-corrected chi connectivity index (χ0v) is 8.54. The molecule has 0 saturated carbocycles. The Morgan fingerprint density at radius 3 is 0.429 bits per heavy atom. The molecule has 0 saturated heterocycles. The first-order chi connectivity index (χ1) is 0. The summed E-state index contributed by atoms with van der Waals surface area (Å²) in [7, 11) is 0. The molecule has 0 aromatic rings. The van der Waals surface area contributed by atoms with Crippen molar-refractivity contribution >= 4 is 0 Å². The van der Waals surface area contributed by atoms with E-state index in [2.05, 4.69) is 0 Å². The molecule has 52 valence electrons. The molecule has 0 radical (unpaired) electrons. The molecule has 0 heterocycles. The van der Waals surface area contributed by atoms with Crippen LogP contribution in [0.25, 0.3) is 0 Å². The Bertz CT molecular complexity index is 9.65. The van der Waals surface area contributed by atoms with Gasteiger partial charge >= 0.3 is 65.8 Å². The third-order valence-electron chi connectivity index (χ3n) is 0. The zero-order valence-electron chi connectivity index (χ0n) is 2.64. The number of hydrogen-bond donors (Lipinski definition) is 0. The van der Waals surface area contributed by atoms with Crippen molar-refractivity contribution in [3.05, 3.63) is 0 Å². The Kier molecular flexibility index (Phi) is 1990. The van der Waals surface area contributed by atoms with Crippen LogP contribution in [0.1, 0.15) is 0 Å². The van der Waals surface area contributed by atoms with Gasteiger partial charge in [-0.1, -0.05) is 0 Å². The van der Waals surface area contributed by atoms with E-state index in [0.717, 1.165) is 0 Å². The molecule has 0 spiro atoms. The number of rotatable bonds is 0. The van der Waals surface area contributed by atoms with E-state index in [4.69, 9.17) is 0 Å². The van der Waals surface area contributed by atoms with Crippen molar-refractivity contribution in [1.82, 2.24) is 0 Å². The zero-order chi connectivity index (χ0) is 0. The minimum absolute atomic E-state index is 0. The molecule has 0 fully saturated rings. The smallest absolute Gasteiger partial charge is 2.00 e. The molecule has 7 heteroatoms. The van der Waals surface area contributed by atoms with Gasteiger partial charge in [-0.25, -0.2) is 0 Å². The van der Waals surface area contributed by atoms with Crippen LogP contribution in [0.5, 0.6) is 0 Å². The Balaban J connectivity index is 0. The van der Waals surface area contributed by atoms with Crippen molar-refractivity contribution in [2.45, 2.75) is 0 Å². The second kappa shape index (κ2) is 97.5. The standard InChI is InChI=1S/2Ag.4O.W/q2*+1;4*-2;+6. The largest absolute Gasteiger partial charge is 6.00 e. The van der Waals surface area contributed by atoms with Crippen LogP contribution in [-0.2, 0) is 87.7 Å². The third-order valence-corrected chi connectivity index (χ3v) is 0. The molecular weight excluding hydrogens is 464 g/mol.